The van der Waals surface area contributed by atoms with Gasteiger partial charge in [-0.2, -0.15) is 0 Å². The lowest BCUT2D eigenvalue weighted by Crippen LogP contribution is -2.52. The molecule has 18 heavy (non-hydrogen) atoms. The van der Waals surface area contributed by atoms with Crippen LogP contribution in [0.4, 0.5) is 4.79 Å². The predicted octanol–water partition coefficient (Wildman–Crippen LogP) is -0.374. The van der Waals surface area contributed by atoms with Crippen LogP contribution in [0.25, 0.3) is 0 Å². The molecule has 0 aromatic heterocycles. The standard InChI is InChI=1S/C11H19N3O4/c1-6(2)8(10(16)17)13-11(18)12-7-4-5-14(3)9(7)15/h6-8H,4-5H2,1-3H3,(H,16,17)(H2,12,13,18)/t7?,8-/m0/s1. The van der Waals surface area contributed by atoms with Crippen molar-refractivity contribution in [1.29, 1.82) is 0 Å². The summed E-state index contributed by atoms with van der Waals surface area (Å²) in [6.07, 6.45) is 0.544. The van der Waals surface area contributed by atoms with Gasteiger partial charge in [0.25, 0.3) is 0 Å². The fourth-order valence-electron chi connectivity index (χ4n) is 1.81. The minimum absolute atomic E-state index is 0.151. The van der Waals surface area contributed by atoms with E-state index in [1.807, 2.05) is 0 Å². The zero-order valence-electron chi connectivity index (χ0n) is 10.8. The van der Waals surface area contributed by atoms with Gasteiger partial charge in [0.15, 0.2) is 0 Å². The van der Waals surface area contributed by atoms with Crippen molar-refractivity contribution in [2.24, 2.45) is 5.92 Å². The molecule has 1 unspecified atom stereocenters. The largest absolute Gasteiger partial charge is 0.480 e. The molecule has 1 heterocycles. The molecule has 1 rings (SSSR count). The van der Waals surface area contributed by atoms with Gasteiger partial charge in [0.2, 0.25) is 5.91 Å². The van der Waals surface area contributed by atoms with E-state index >= 15 is 0 Å². The summed E-state index contributed by atoms with van der Waals surface area (Å²) in [4.78, 5) is 35.6. The van der Waals surface area contributed by atoms with Gasteiger partial charge in [-0.1, -0.05) is 13.8 Å². The van der Waals surface area contributed by atoms with E-state index in [0.717, 1.165) is 0 Å². The minimum atomic E-state index is -1.09. The monoisotopic (exact) mass is 257 g/mol. The van der Waals surface area contributed by atoms with E-state index in [4.69, 9.17) is 5.11 Å². The van der Waals surface area contributed by atoms with E-state index in [1.54, 1.807) is 20.9 Å². The molecule has 102 valence electrons. The number of carbonyl (C=O) groups is 3. The van der Waals surface area contributed by atoms with Crippen molar-refractivity contribution in [3.63, 3.8) is 0 Å². The van der Waals surface area contributed by atoms with Crippen molar-refractivity contribution >= 4 is 17.9 Å². The lowest BCUT2D eigenvalue weighted by Gasteiger charge is -2.19. The summed E-state index contributed by atoms with van der Waals surface area (Å²) in [5.41, 5.74) is 0. The van der Waals surface area contributed by atoms with Gasteiger partial charge in [-0.25, -0.2) is 9.59 Å². The molecule has 1 saturated heterocycles. The third kappa shape index (κ3) is 3.35. The predicted molar refractivity (Wildman–Crippen MR) is 64.0 cm³/mol. The van der Waals surface area contributed by atoms with Crippen LogP contribution in [0.2, 0.25) is 0 Å². The van der Waals surface area contributed by atoms with E-state index < -0.39 is 24.1 Å². The van der Waals surface area contributed by atoms with Crippen LogP contribution in [0.15, 0.2) is 0 Å². The summed E-state index contributed by atoms with van der Waals surface area (Å²) in [5, 5.41) is 13.8. The maximum absolute atomic E-state index is 11.6. The number of nitrogens with zero attached hydrogens (tertiary/aromatic N) is 1. The molecule has 7 heteroatoms. The average molecular weight is 257 g/mol. The SMILES string of the molecule is CC(C)[C@H](NC(=O)NC1CCN(C)C1=O)C(=O)O. The quantitative estimate of drug-likeness (QED) is 0.639. The maximum Gasteiger partial charge on any atom is 0.326 e. The molecule has 0 radical (unpaired) electrons. The summed E-state index contributed by atoms with van der Waals surface area (Å²) in [6.45, 7) is 4.00. The molecule has 3 N–H and O–H groups in total. The number of aliphatic carboxylic acids is 1. The van der Waals surface area contributed by atoms with Crippen molar-refractivity contribution in [1.82, 2.24) is 15.5 Å². The number of carboxylic acids is 1. The molecule has 1 fully saturated rings. The minimum Gasteiger partial charge on any atom is -0.480 e. The average Bonchev–Trinajstić information content (AvgIpc) is 2.57. The third-order valence-electron chi connectivity index (χ3n) is 2.95. The van der Waals surface area contributed by atoms with Gasteiger partial charge < -0.3 is 20.6 Å². The van der Waals surface area contributed by atoms with Gasteiger partial charge in [0.05, 0.1) is 0 Å². The van der Waals surface area contributed by atoms with E-state index in [-0.39, 0.29) is 11.8 Å². The Labute approximate surface area is 106 Å². The lowest BCUT2D eigenvalue weighted by molar-refractivity contribution is -0.140. The van der Waals surface area contributed by atoms with Gasteiger partial charge in [0.1, 0.15) is 12.1 Å². The van der Waals surface area contributed by atoms with Crippen molar-refractivity contribution < 1.29 is 19.5 Å². The van der Waals surface area contributed by atoms with Crippen LogP contribution in [0.1, 0.15) is 20.3 Å². The zero-order chi connectivity index (χ0) is 13.9. The van der Waals surface area contributed by atoms with Gasteiger partial charge in [0, 0.05) is 13.6 Å². The van der Waals surface area contributed by atoms with Crippen molar-refractivity contribution in [2.45, 2.75) is 32.4 Å². The molecule has 0 aromatic carbocycles. The van der Waals surface area contributed by atoms with Crippen LogP contribution < -0.4 is 10.6 Å². The number of carbonyl (C=O) groups excluding carboxylic acids is 2. The Morgan fingerprint density at radius 3 is 2.44 bits per heavy atom. The van der Waals surface area contributed by atoms with Crippen molar-refractivity contribution in [3.05, 3.63) is 0 Å². The number of likely N-dealkylation sites (tertiary alicyclic amines) is 1. The van der Waals surface area contributed by atoms with E-state index in [9.17, 15) is 14.4 Å². The van der Waals surface area contributed by atoms with Crippen LogP contribution in [0.3, 0.4) is 0 Å². The van der Waals surface area contributed by atoms with Crippen molar-refractivity contribution in [3.8, 4) is 0 Å². The molecule has 0 saturated carbocycles. The molecule has 0 aromatic rings. The number of urea groups is 1. The normalized spacial score (nSPS) is 21.0. The van der Waals surface area contributed by atoms with Crippen LogP contribution >= 0.6 is 0 Å². The number of amides is 3. The molecule has 0 aliphatic carbocycles. The Morgan fingerprint density at radius 2 is 2.06 bits per heavy atom. The highest BCUT2D eigenvalue weighted by molar-refractivity contribution is 5.89. The zero-order valence-corrected chi connectivity index (χ0v) is 10.8. The molecular formula is C11H19N3O4. The summed E-state index contributed by atoms with van der Waals surface area (Å²) in [6, 6.07) is -2.14. The number of rotatable bonds is 4. The van der Waals surface area contributed by atoms with Gasteiger partial charge in [-0.05, 0) is 12.3 Å². The second-order valence-electron chi connectivity index (χ2n) is 4.78. The fourth-order valence-corrected chi connectivity index (χ4v) is 1.81. The van der Waals surface area contributed by atoms with Crippen LogP contribution in [-0.4, -0.2) is 53.6 Å². The highest BCUT2D eigenvalue weighted by Gasteiger charge is 2.31. The summed E-state index contributed by atoms with van der Waals surface area (Å²) in [7, 11) is 1.66. The maximum atomic E-state index is 11.6. The highest BCUT2D eigenvalue weighted by atomic mass is 16.4. The highest BCUT2D eigenvalue weighted by Crippen LogP contribution is 2.08. The Morgan fingerprint density at radius 1 is 1.44 bits per heavy atom. The molecule has 0 spiro atoms. The fraction of sp³-hybridized carbons (Fsp3) is 0.727. The number of nitrogens with one attached hydrogen (secondary N) is 2. The summed E-state index contributed by atoms with van der Waals surface area (Å²) < 4.78 is 0. The Balaban J connectivity index is 2.51. The van der Waals surface area contributed by atoms with Gasteiger partial charge in [-0.3, -0.25) is 4.79 Å². The molecule has 0 bridgehead atoms. The van der Waals surface area contributed by atoms with Crippen LogP contribution in [0, 0.1) is 5.92 Å². The van der Waals surface area contributed by atoms with E-state index in [1.165, 1.54) is 4.90 Å². The Bertz CT molecular complexity index is 356. The first-order chi connectivity index (χ1) is 8.32. The van der Waals surface area contributed by atoms with E-state index in [0.29, 0.717) is 13.0 Å². The lowest BCUT2D eigenvalue weighted by atomic mass is 10.1. The molecule has 1 aliphatic heterocycles. The van der Waals surface area contributed by atoms with Gasteiger partial charge >= 0.3 is 12.0 Å². The van der Waals surface area contributed by atoms with E-state index in [2.05, 4.69) is 10.6 Å². The first-order valence-electron chi connectivity index (χ1n) is 5.87. The van der Waals surface area contributed by atoms with Crippen molar-refractivity contribution in [2.75, 3.05) is 13.6 Å². The van der Waals surface area contributed by atoms with Gasteiger partial charge in [-0.15, -0.1) is 0 Å². The number of hydrogen-bond acceptors (Lipinski definition) is 3. The number of carboxylic acid groups (broad SMARTS) is 1. The Hall–Kier alpha value is -1.79. The number of hydrogen-bond donors (Lipinski definition) is 3. The second-order valence-corrected chi connectivity index (χ2v) is 4.78. The first-order valence-corrected chi connectivity index (χ1v) is 5.87. The molecule has 1 aliphatic rings. The molecule has 3 amide bonds. The number of likely N-dealkylation sites (N-methyl/N-ethyl adjacent to an activating group) is 1. The smallest absolute Gasteiger partial charge is 0.326 e. The van der Waals surface area contributed by atoms with Crippen LogP contribution in [0.5, 0.6) is 0 Å². The molecule has 7 nitrogen and oxygen atoms in total. The second kappa shape index (κ2) is 5.70. The van der Waals surface area contributed by atoms with Crippen LogP contribution in [-0.2, 0) is 9.59 Å². The summed E-state index contributed by atoms with van der Waals surface area (Å²) in [5.74, 6) is -1.47. The summed E-state index contributed by atoms with van der Waals surface area (Å²) >= 11 is 0. The topological polar surface area (TPSA) is 98.7 Å². The third-order valence-corrected chi connectivity index (χ3v) is 2.95. The first kappa shape index (κ1) is 14.3. The Kier molecular flexibility index (Phi) is 4.52. The molecule has 2 atom stereocenters. The molecular weight excluding hydrogens is 238 g/mol.